The number of thiophene rings is 1. The molecule has 41 heavy (non-hydrogen) atoms. The quantitative estimate of drug-likeness (QED) is 0.190. The maximum absolute atomic E-state index is 5.19. The van der Waals surface area contributed by atoms with Gasteiger partial charge in [-0.1, -0.05) is 72.8 Å². The number of imidazole rings is 1. The number of aromatic nitrogens is 3. The van der Waals surface area contributed by atoms with Crippen LogP contribution in [0.2, 0.25) is 0 Å². The molecule has 0 bridgehead atoms. The second kappa shape index (κ2) is 7.72. The van der Waals surface area contributed by atoms with Crippen LogP contribution < -0.4 is 0 Å². The van der Waals surface area contributed by atoms with Crippen molar-refractivity contribution in [2.24, 2.45) is 0 Å². The number of pyridine rings is 1. The summed E-state index contributed by atoms with van der Waals surface area (Å²) in [5, 5.41) is 8.82. The fraction of sp³-hybridized carbons (Fsp3) is 0. The van der Waals surface area contributed by atoms with Crippen LogP contribution in [0.25, 0.3) is 86.0 Å². The summed E-state index contributed by atoms with van der Waals surface area (Å²) in [6, 6.07) is 46.2. The largest absolute Gasteiger partial charge is 0.309 e. The van der Waals surface area contributed by atoms with Crippen molar-refractivity contribution in [3.05, 3.63) is 127 Å². The summed E-state index contributed by atoms with van der Waals surface area (Å²) in [6.07, 6.45) is 0. The molecule has 0 radical (unpaired) electrons. The normalized spacial score (nSPS) is 12.4. The third-order valence-electron chi connectivity index (χ3n) is 8.66. The first-order valence-corrected chi connectivity index (χ1v) is 14.7. The molecule has 0 spiro atoms. The average molecular weight is 540 g/mol. The van der Waals surface area contributed by atoms with Crippen LogP contribution >= 0.6 is 11.3 Å². The van der Waals surface area contributed by atoms with Crippen LogP contribution in [-0.2, 0) is 0 Å². The minimum atomic E-state index is 0.998. The summed E-state index contributed by atoms with van der Waals surface area (Å²) in [5.74, 6) is 0. The summed E-state index contributed by atoms with van der Waals surface area (Å²) >= 11 is 1.87. The van der Waals surface area contributed by atoms with Gasteiger partial charge in [-0.2, -0.15) is 0 Å². The van der Waals surface area contributed by atoms with Crippen molar-refractivity contribution in [2.75, 3.05) is 0 Å². The Morgan fingerprint density at radius 3 is 2.15 bits per heavy atom. The van der Waals surface area contributed by atoms with Gasteiger partial charge >= 0.3 is 0 Å². The van der Waals surface area contributed by atoms with Crippen LogP contribution in [-0.4, -0.2) is 14.0 Å². The second-order valence-electron chi connectivity index (χ2n) is 10.8. The van der Waals surface area contributed by atoms with E-state index in [1.807, 2.05) is 11.3 Å². The molecule has 6 aromatic carbocycles. The number of hydrogen-bond donors (Lipinski definition) is 0. The molecule has 0 amide bonds. The first kappa shape index (κ1) is 21.6. The predicted molar refractivity (Wildman–Crippen MR) is 175 cm³/mol. The molecule has 4 heteroatoms. The minimum absolute atomic E-state index is 0.998. The van der Waals surface area contributed by atoms with Crippen molar-refractivity contribution in [3.8, 4) is 5.69 Å². The van der Waals surface area contributed by atoms with Crippen molar-refractivity contribution >= 4 is 91.7 Å². The highest BCUT2D eigenvalue weighted by Crippen LogP contribution is 2.45. The molecule has 0 saturated carbocycles. The Hall–Kier alpha value is -5.19. The monoisotopic (exact) mass is 539 g/mol. The van der Waals surface area contributed by atoms with Gasteiger partial charge < -0.3 is 4.57 Å². The van der Waals surface area contributed by atoms with E-state index < -0.39 is 0 Å². The minimum Gasteiger partial charge on any atom is -0.309 e. The van der Waals surface area contributed by atoms with E-state index in [0.29, 0.717) is 0 Å². The lowest BCUT2D eigenvalue weighted by atomic mass is 10.0. The fourth-order valence-corrected chi connectivity index (χ4v) is 8.07. The van der Waals surface area contributed by atoms with Gasteiger partial charge in [0.05, 0.1) is 27.6 Å². The van der Waals surface area contributed by atoms with Crippen molar-refractivity contribution in [1.82, 2.24) is 14.0 Å². The predicted octanol–water partition coefficient (Wildman–Crippen LogP) is 10.3. The number of fused-ring (bicyclic) bond motifs is 15. The van der Waals surface area contributed by atoms with Crippen LogP contribution in [0.5, 0.6) is 0 Å². The molecule has 0 aliphatic carbocycles. The Morgan fingerprint density at radius 2 is 1.24 bits per heavy atom. The second-order valence-corrected chi connectivity index (χ2v) is 11.9. The van der Waals surface area contributed by atoms with Gasteiger partial charge in [-0.25, -0.2) is 4.98 Å². The Balaban J connectivity index is 1.51. The van der Waals surface area contributed by atoms with Gasteiger partial charge in [0.1, 0.15) is 5.65 Å². The van der Waals surface area contributed by atoms with E-state index >= 15 is 0 Å². The zero-order valence-corrected chi connectivity index (χ0v) is 22.7. The van der Waals surface area contributed by atoms with E-state index in [1.54, 1.807) is 0 Å². The third kappa shape index (κ3) is 2.75. The Kier molecular flexibility index (Phi) is 4.07. The number of para-hydroxylation sites is 4. The van der Waals surface area contributed by atoms with E-state index in [0.717, 1.165) is 16.7 Å². The van der Waals surface area contributed by atoms with Gasteiger partial charge in [-0.3, -0.25) is 4.40 Å². The standard InChI is InChI=1S/C37H21N3S/c1-2-10-22(11-3-1)39-32-21-28-26(23-12-4-7-15-30(23)40-31-16-8-6-14-29(31)38-37(28)40)20-27(32)24-18-19-34-35(36(24)39)25-13-5-9-17-33(25)41-34/h1-21H. The Labute approximate surface area is 238 Å². The molecule has 190 valence electrons. The van der Waals surface area contributed by atoms with Crippen molar-refractivity contribution < 1.29 is 0 Å². The number of rotatable bonds is 1. The number of hydrogen-bond acceptors (Lipinski definition) is 2. The van der Waals surface area contributed by atoms with Crippen LogP contribution in [0.4, 0.5) is 0 Å². The highest BCUT2D eigenvalue weighted by Gasteiger charge is 2.21. The molecule has 3 nitrogen and oxygen atoms in total. The SMILES string of the molecule is c1ccc(-n2c3cc4c(cc3c3ccc5sc6ccccc6c5c32)c2ccccc2n2c3ccccc3nc42)cc1. The molecule has 0 saturated heterocycles. The smallest absolute Gasteiger partial charge is 0.146 e. The van der Waals surface area contributed by atoms with Crippen LogP contribution in [0, 0.1) is 0 Å². The highest BCUT2D eigenvalue weighted by atomic mass is 32.1. The topological polar surface area (TPSA) is 22.2 Å². The summed E-state index contributed by atoms with van der Waals surface area (Å²) in [7, 11) is 0. The first-order valence-electron chi connectivity index (χ1n) is 13.9. The van der Waals surface area contributed by atoms with E-state index in [-0.39, 0.29) is 0 Å². The maximum atomic E-state index is 5.19. The average Bonchev–Trinajstić information content (AvgIpc) is 3.70. The molecule has 0 aliphatic heterocycles. The van der Waals surface area contributed by atoms with Crippen molar-refractivity contribution in [2.45, 2.75) is 0 Å². The molecule has 0 atom stereocenters. The van der Waals surface area contributed by atoms with E-state index in [4.69, 9.17) is 4.98 Å². The van der Waals surface area contributed by atoms with Gasteiger partial charge in [-0.15, -0.1) is 11.3 Å². The van der Waals surface area contributed by atoms with E-state index in [2.05, 4.69) is 136 Å². The Morgan fingerprint density at radius 1 is 0.488 bits per heavy atom. The zero-order chi connectivity index (χ0) is 26.7. The van der Waals surface area contributed by atoms with Gasteiger partial charge in [-0.05, 0) is 60.0 Å². The van der Waals surface area contributed by atoms with Gasteiger partial charge in [0.25, 0.3) is 0 Å². The molecule has 0 fully saturated rings. The maximum Gasteiger partial charge on any atom is 0.146 e. The van der Waals surface area contributed by atoms with Crippen LogP contribution in [0.1, 0.15) is 0 Å². The van der Waals surface area contributed by atoms with Gasteiger partial charge in [0.2, 0.25) is 0 Å². The molecule has 0 aliphatic rings. The Bertz CT molecular complexity index is 2690. The fourth-order valence-electron chi connectivity index (χ4n) is 6.96. The third-order valence-corrected chi connectivity index (χ3v) is 9.79. The molecule has 4 aromatic heterocycles. The summed E-state index contributed by atoms with van der Waals surface area (Å²) in [5.41, 5.74) is 7.96. The van der Waals surface area contributed by atoms with E-state index in [1.165, 1.54) is 69.3 Å². The van der Waals surface area contributed by atoms with Gasteiger partial charge in [0.15, 0.2) is 0 Å². The highest BCUT2D eigenvalue weighted by molar-refractivity contribution is 7.26. The molecule has 10 aromatic rings. The molecular formula is C37H21N3S. The van der Waals surface area contributed by atoms with Crippen molar-refractivity contribution in [3.63, 3.8) is 0 Å². The zero-order valence-electron chi connectivity index (χ0n) is 21.9. The summed E-state index contributed by atoms with van der Waals surface area (Å²) in [4.78, 5) is 5.19. The molecule has 10 rings (SSSR count). The first-order chi connectivity index (χ1) is 20.3. The molecule has 0 unspecified atom stereocenters. The lowest BCUT2D eigenvalue weighted by molar-refractivity contribution is 1.19. The molecule has 4 heterocycles. The lowest BCUT2D eigenvalue weighted by Gasteiger charge is -2.11. The number of nitrogens with zero attached hydrogens (tertiary/aromatic N) is 3. The van der Waals surface area contributed by atoms with Crippen LogP contribution in [0.15, 0.2) is 127 Å². The van der Waals surface area contributed by atoms with Crippen LogP contribution in [0.3, 0.4) is 0 Å². The summed E-state index contributed by atoms with van der Waals surface area (Å²) < 4.78 is 7.44. The summed E-state index contributed by atoms with van der Waals surface area (Å²) in [6.45, 7) is 0. The van der Waals surface area contributed by atoms with Gasteiger partial charge in [0, 0.05) is 47.4 Å². The van der Waals surface area contributed by atoms with Crippen molar-refractivity contribution in [1.29, 1.82) is 0 Å². The molecule has 0 N–H and O–H groups in total. The lowest BCUT2D eigenvalue weighted by Crippen LogP contribution is -1.95. The molecular weight excluding hydrogens is 518 g/mol. The van der Waals surface area contributed by atoms with E-state index in [9.17, 15) is 0 Å². The number of benzene rings is 6.